The van der Waals surface area contributed by atoms with Crippen LogP contribution in [0.15, 0.2) is 292 Å². The summed E-state index contributed by atoms with van der Waals surface area (Å²) in [6.45, 7) is 15.0. The Bertz CT molecular complexity index is 5170. The minimum Gasteiger partial charge on any atom is -0.373 e. The summed E-state index contributed by atoms with van der Waals surface area (Å²) in [7, 11) is 0. The number of fused-ring (bicyclic) bond motifs is 6. The number of benzene rings is 6. The van der Waals surface area contributed by atoms with E-state index in [9.17, 15) is 45.0 Å². The van der Waals surface area contributed by atoms with E-state index < -0.39 is 28.7 Å². The van der Waals surface area contributed by atoms with Crippen LogP contribution in [0.3, 0.4) is 0 Å². The molecule has 0 bridgehead atoms. The molecule has 6 aromatic carbocycles. The molecule has 0 fully saturated rings. The number of pyridine rings is 6. The van der Waals surface area contributed by atoms with Gasteiger partial charge in [0.05, 0.1) is 24.2 Å². The molecule has 10 unspecified atom stereocenters. The van der Waals surface area contributed by atoms with E-state index in [2.05, 4.69) is 141 Å². The summed E-state index contributed by atoms with van der Waals surface area (Å²) in [6, 6.07) is 82.7. The van der Waals surface area contributed by atoms with Crippen LogP contribution in [0.5, 0.6) is 0 Å². The standard InChI is InChI=1S/C19H21NO2S.C19H21NO2Se.C19H23NOS.C19H23NOSe.C18H20N2O2S.C18H22N2OS/c2*1-2-3-11-18-14-8-4-5-9-15(14)19(22,23-18)13-17(21)16-10-6-7-12-20-16;2*1-2-3-11-18-16-9-4-5-10-17(16)19(21,22-18)13-12-15-8-6-7-14-20-15;1-2-3-12-20-16-10-5-4-8-14(16)18(22,23-20)13-17(21)15-9-6-7-11-19-15;1-2-3-14-20-17-10-5-4-9-16(17)18(21,22-20)12-11-15-8-6-7-13-19-15/h2*4-10,12,18,22H,2-3,11,13H2,1H3;2*4-10,14,18,21H,2-3,11-13H2,1H3;4-11,22H,2-3,12-13H2,1H3;4-10,13,21H,2-3,11-12,14H2,1H3. The van der Waals surface area contributed by atoms with Crippen molar-refractivity contribution < 1.29 is 45.0 Å². The van der Waals surface area contributed by atoms with Crippen LogP contribution in [-0.4, -0.2) is 121 Å². The molecular weight excluding hydrogens is 1890 g/mol. The van der Waals surface area contributed by atoms with Crippen molar-refractivity contribution in [2.45, 2.75) is 251 Å². The third-order valence-electron chi connectivity index (χ3n) is 25.1. The van der Waals surface area contributed by atoms with Crippen LogP contribution in [0.4, 0.5) is 11.4 Å². The summed E-state index contributed by atoms with van der Waals surface area (Å²) in [5.74, 6) is -0.347. The molecule has 10 atom stereocenters. The second kappa shape index (κ2) is 50.6. The van der Waals surface area contributed by atoms with Gasteiger partial charge in [-0.25, -0.2) is 0 Å². The maximum atomic E-state index is 12.5. The Balaban J connectivity index is 0.000000137. The Hall–Kier alpha value is -8.97. The summed E-state index contributed by atoms with van der Waals surface area (Å²) in [4.78, 5) is 59.9. The van der Waals surface area contributed by atoms with Crippen LogP contribution in [-0.2, 0) is 48.0 Å². The number of thioether (sulfide) groups is 2. The summed E-state index contributed by atoms with van der Waals surface area (Å²) < 4.78 is 2.72. The van der Waals surface area contributed by atoms with Gasteiger partial charge in [0.25, 0.3) is 0 Å². The van der Waals surface area contributed by atoms with Gasteiger partial charge in [-0.3, -0.25) is 29.5 Å². The number of carbonyl (C=O) groups excluding carboxylic acids is 3. The Labute approximate surface area is 828 Å². The molecule has 708 valence electrons. The summed E-state index contributed by atoms with van der Waals surface area (Å²) >= 11 is 6.32. The van der Waals surface area contributed by atoms with E-state index in [-0.39, 0.29) is 71.8 Å². The average molecular weight is 2020 g/mol. The smallest absolute Gasteiger partial charge is 0.185 e. The second-order valence-electron chi connectivity index (χ2n) is 35.1. The van der Waals surface area contributed by atoms with E-state index in [0.717, 1.165) is 166 Å². The van der Waals surface area contributed by atoms with Crippen LogP contribution in [0.25, 0.3) is 0 Å². The molecule has 18 rings (SSSR count). The number of nitrogens with zero attached hydrogens (tertiary/aromatic N) is 8. The minimum absolute atomic E-state index is 0.0221. The molecule has 6 aliphatic rings. The Kier molecular flexibility index (Phi) is 38.7. The number of aliphatic hydroxyl groups is 6. The van der Waals surface area contributed by atoms with Gasteiger partial charge in [-0.05, 0) is 158 Å². The maximum Gasteiger partial charge on any atom is 0.185 e. The molecule has 6 aromatic heterocycles. The third kappa shape index (κ3) is 27.1. The van der Waals surface area contributed by atoms with Gasteiger partial charge in [0.2, 0.25) is 0 Å². The Morgan fingerprint density at radius 1 is 0.304 bits per heavy atom. The zero-order chi connectivity index (χ0) is 95.1. The van der Waals surface area contributed by atoms with E-state index in [1.54, 1.807) is 90.8 Å². The number of rotatable bonds is 36. The van der Waals surface area contributed by atoms with Crippen LogP contribution < -0.4 is 8.61 Å². The monoisotopic (exact) mass is 2020 g/mol. The van der Waals surface area contributed by atoms with Crippen molar-refractivity contribution in [3.8, 4) is 0 Å². The Morgan fingerprint density at radius 2 is 0.615 bits per heavy atom. The molecule has 135 heavy (non-hydrogen) atoms. The fraction of sp³-hybridized carbons (Fsp3) is 0.384. The number of hydrogen-bond donors (Lipinski definition) is 6. The zero-order valence-electron chi connectivity index (χ0n) is 78.5. The molecule has 12 heterocycles. The molecule has 12 aromatic rings. The number of Topliss-reactive ketones (excluding diaryl/α,β-unsaturated/α-hetero) is 3. The SMILES string of the molecule is CCCCC1SC(O)(CC(=O)c2ccccn2)c2ccccc21.CCCCC1SC(O)(CCc2ccccn2)c2ccccc21.CCCCC1[Se]C(O)(CC(=O)c2ccccn2)c2ccccc21.CCCCC1[Se]C(O)(CCc2ccccn2)c2ccccc21.CCCCN1SC(O)(CC(=O)c2ccccn2)c2ccccc21.CCCCN1SC(O)(CCc2ccccn2)c2ccccc21. The van der Waals surface area contributed by atoms with Gasteiger partial charge >= 0.3 is 282 Å². The van der Waals surface area contributed by atoms with Gasteiger partial charge in [-0.15, -0.1) is 23.5 Å². The molecule has 0 radical (unpaired) electrons. The molecule has 17 nitrogen and oxygen atoms in total. The van der Waals surface area contributed by atoms with E-state index in [1.165, 1.54) is 83.6 Å². The van der Waals surface area contributed by atoms with Crippen molar-refractivity contribution in [3.05, 3.63) is 382 Å². The molecule has 0 saturated heterocycles. The van der Waals surface area contributed by atoms with E-state index in [1.807, 2.05) is 164 Å². The van der Waals surface area contributed by atoms with Crippen molar-refractivity contribution in [2.75, 3.05) is 21.7 Å². The summed E-state index contributed by atoms with van der Waals surface area (Å²) in [5, 5.41) is 67.8. The third-order valence-corrected chi connectivity index (χ3v) is 37.3. The summed E-state index contributed by atoms with van der Waals surface area (Å²) in [5.41, 5.74) is 17.6. The molecule has 23 heteroatoms. The number of carbonyl (C=O) groups is 3. The molecule has 0 saturated carbocycles. The minimum atomic E-state index is -1.22. The van der Waals surface area contributed by atoms with Gasteiger partial charge in [-0.1, -0.05) is 175 Å². The van der Waals surface area contributed by atoms with Gasteiger partial charge in [-0.2, -0.15) is 0 Å². The topological polar surface area (TPSA) is 256 Å². The van der Waals surface area contributed by atoms with Crippen LogP contribution in [0.1, 0.15) is 307 Å². The fourth-order valence-corrected chi connectivity index (χ4v) is 30.6. The predicted molar refractivity (Wildman–Crippen MR) is 555 cm³/mol. The Morgan fingerprint density at radius 3 is 1.03 bits per heavy atom. The largest absolute Gasteiger partial charge is 0.373 e. The molecule has 0 spiro atoms. The quantitative estimate of drug-likeness (QED) is 0.0121. The predicted octanol–water partition coefficient (Wildman–Crippen LogP) is 24.5. The van der Waals surface area contributed by atoms with Gasteiger partial charge in [0, 0.05) is 70.9 Å². The molecule has 6 N–H and O–H groups in total. The number of ketones is 3. The average Bonchev–Trinajstić information content (AvgIpc) is 1.55. The van der Waals surface area contributed by atoms with Gasteiger partial charge in [0.1, 0.15) is 21.3 Å². The first-order valence-corrected chi connectivity index (χ1v) is 55.2. The van der Waals surface area contributed by atoms with E-state index >= 15 is 0 Å². The van der Waals surface area contributed by atoms with Crippen LogP contribution in [0, 0.1) is 0 Å². The zero-order valence-corrected chi connectivity index (χ0v) is 85.2. The second-order valence-corrected chi connectivity index (χ2v) is 46.9. The van der Waals surface area contributed by atoms with Gasteiger partial charge < -0.3 is 29.0 Å². The molecular formula is C112H130N8O9S4Se2. The first-order chi connectivity index (χ1) is 65.6. The molecule has 0 aliphatic carbocycles. The van der Waals surface area contributed by atoms with Crippen molar-refractivity contribution in [2.24, 2.45) is 0 Å². The van der Waals surface area contributed by atoms with Crippen molar-refractivity contribution in [1.29, 1.82) is 0 Å². The molecule has 0 amide bonds. The first-order valence-electron chi connectivity index (χ1n) is 48.2. The van der Waals surface area contributed by atoms with Crippen molar-refractivity contribution >= 4 is 106 Å². The maximum absolute atomic E-state index is 12.5. The van der Waals surface area contributed by atoms with E-state index in [0.29, 0.717) is 44.8 Å². The number of aromatic nitrogens is 6. The number of aryl methyl sites for hydroxylation is 3. The number of para-hydroxylation sites is 2. The molecule has 6 aliphatic heterocycles. The van der Waals surface area contributed by atoms with Crippen LogP contribution in [0.2, 0.25) is 0 Å². The van der Waals surface area contributed by atoms with Crippen LogP contribution >= 0.6 is 47.4 Å². The fourth-order valence-electron chi connectivity index (χ4n) is 17.9. The number of anilines is 2. The van der Waals surface area contributed by atoms with Crippen molar-refractivity contribution in [1.82, 2.24) is 29.9 Å². The first kappa shape index (κ1) is 103. The number of unbranched alkanes of at least 4 members (excludes halogenated alkanes) is 6. The van der Waals surface area contributed by atoms with E-state index in [4.69, 9.17) is 0 Å². The normalized spacial score (nSPS) is 22.0. The van der Waals surface area contributed by atoms with Gasteiger partial charge in [0.15, 0.2) is 21.4 Å². The number of hydrogen-bond acceptors (Lipinski definition) is 21. The summed E-state index contributed by atoms with van der Waals surface area (Å²) in [6.07, 6.45) is 33.4. The van der Waals surface area contributed by atoms with Crippen molar-refractivity contribution in [3.63, 3.8) is 0 Å².